The van der Waals surface area contributed by atoms with Crippen molar-refractivity contribution in [3.8, 4) is 0 Å². The summed E-state index contributed by atoms with van der Waals surface area (Å²) in [6.07, 6.45) is 2.17. The number of aliphatic hydroxyl groups excluding tert-OH is 1. The number of ether oxygens (including phenoxy) is 3. The molecule has 0 radical (unpaired) electrons. The third-order valence-corrected chi connectivity index (χ3v) is 7.06. The first-order valence-corrected chi connectivity index (χ1v) is 13.6. The molecule has 1 fully saturated rings. The summed E-state index contributed by atoms with van der Waals surface area (Å²) in [6, 6.07) is 17.9. The normalized spacial score (nSPS) is 16.9. The second-order valence-electron chi connectivity index (χ2n) is 10.0. The van der Waals surface area contributed by atoms with E-state index >= 15 is 0 Å². The van der Waals surface area contributed by atoms with Crippen molar-refractivity contribution in [2.45, 2.75) is 39.2 Å². The summed E-state index contributed by atoms with van der Waals surface area (Å²) in [6.45, 7) is 3.73. The number of carbonyl (C=O) groups is 3. The largest absolute Gasteiger partial charge is 0.463 e. The molecule has 1 N–H and O–H groups in total. The van der Waals surface area contributed by atoms with Crippen LogP contribution in [0.25, 0.3) is 21.5 Å². The molecule has 212 valence electrons. The van der Waals surface area contributed by atoms with Crippen LogP contribution in [0.5, 0.6) is 0 Å². The van der Waals surface area contributed by atoms with Crippen molar-refractivity contribution in [1.82, 2.24) is 0 Å². The lowest BCUT2D eigenvalue weighted by atomic mass is 9.86. The van der Waals surface area contributed by atoms with E-state index in [-0.39, 0.29) is 38.8 Å². The van der Waals surface area contributed by atoms with Gasteiger partial charge in [-0.2, -0.15) is 0 Å². The van der Waals surface area contributed by atoms with Crippen molar-refractivity contribution in [3.63, 3.8) is 0 Å². The van der Waals surface area contributed by atoms with E-state index < -0.39 is 35.7 Å². The van der Waals surface area contributed by atoms with Gasteiger partial charge in [0.15, 0.2) is 0 Å². The van der Waals surface area contributed by atoms with Crippen molar-refractivity contribution in [2.24, 2.45) is 22.9 Å². The summed E-state index contributed by atoms with van der Waals surface area (Å²) in [7, 11) is 0. The number of hydrogen-bond acceptors (Lipinski definition) is 9. The lowest BCUT2D eigenvalue weighted by Crippen LogP contribution is -2.29. The Labute approximate surface area is 233 Å². The van der Waals surface area contributed by atoms with Crippen LogP contribution in [0, 0.1) is 17.8 Å². The number of epoxide rings is 1. The summed E-state index contributed by atoms with van der Waals surface area (Å²) < 4.78 is 15.5. The third kappa shape index (κ3) is 7.64. The molecule has 0 amide bonds. The van der Waals surface area contributed by atoms with Crippen molar-refractivity contribution in [1.29, 1.82) is 0 Å². The minimum absolute atomic E-state index is 0.0611. The maximum atomic E-state index is 12.9. The molecule has 4 atom stereocenters. The molecular formula is C31H35NO8. The average Bonchev–Trinajstić information content (AvgIpc) is 3.80. The van der Waals surface area contributed by atoms with Crippen LogP contribution in [0.3, 0.4) is 0 Å². The summed E-state index contributed by atoms with van der Waals surface area (Å²) in [5.74, 6) is -3.64. The number of oxime groups is 1. The van der Waals surface area contributed by atoms with Crippen LogP contribution in [0.2, 0.25) is 0 Å². The number of fused-ring (bicyclic) bond motifs is 2. The molecule has 0 aromatic heterocycles. The molecule has 4 unspecified atom stereocenters. The van der Waals surface area contributed by atoms with Gasteiger partial charge in [0.2, 0.25) is 0 Å². The Hall–Kier alpha value is -3.82. The van der Waals surface area contributed by atoms with Gasteiger partial charge in [-0.15, -0.1) is 0 Å². The van der Waals surface area contributed by atoms with E-state index in [0.717, 1.165) is 27.1 Å². The molecule has 9 heteroatoms. The molecule has 3 aromatic carbocycles. The van der Waals surface area contributed by atoms with Crippen molar-refractivity contribution in [3.05, 3.63) is 60.2 Å². The first-order valence-electron chi connectivity index (χ1n) is 13.6. The zero-order valence-corrected chi connectivity index (χ0v) is 22.8. The van der Waals surface area contributed by atoms with Gasteiger partial charge in [-0.1, -0.05) is 67.5 Å². The fraction of sp³-hybridized carbons (Fsp3) is 0.419. The number of carbonyl (C=O) groups excluding carboxylic acids is 3. The van der Waals surface area contributed by atoms with E-state index in [0.29, 0.717) is 13.0 Å². The van der Waals surface area contributed by atoms with Gasteiger partial charge in [0.25, 0.3) is 0 Å². The summed E-state index contributed by atoms with van der Waals surface area (Å²) >= 11 is 0. The molecular weight excluding hydrogens is 514 g/mol. The quantitative estimate of drug-likeness (QED) is 0.0783. The molecule has 1 aliphatic rings. The molecule has 1 saturated heterocycles. The standard InChI is InChI=1S/C31H35NO8/c1-3-21(30(35)39-19-25-18-38-25)15-24(31(36)37-13-12-33)14-20(2)29(34)40-32-17-28-26-10-6-4-8-22(26)16-23-9-5-7-11-27(23)28/h4-11,16-17,20-21,24-25,33H,3,12-15,18-19H2,1-2H3. The van der Waals surface area contributed by atoms with Gasteiger partial charge in [0.05, 0.1) is 37.2 Å². The Kier molecular flexibility index (Phi) is 10.2. The van der Waals surface area contributed by atoms with E-state index in [1.54, 1.807) is 6.92 Å². The molecule has 3 aromatic rings. The second kappa shape index (κ2) is 14.0. The Morgan fingerprint density at radius 2 is 1.60 bits per heavy atom. The Morgan fingerprint density at radius 1 is 0.975 bits per heavy atom. The van der Waals surface area contributed by atoms with Gasteiger partial charge in [-0.05, 0) is 46.9 Å². The third-order valence-electron chi connectivity index (χ3n) is 7.06. The number of nitrogens with zero attached hydrogens (tertiary/aromatic N) is 1. The molecule has 9 nitrogen and oxygen atoms in total. The van der Waals surface area contributed by atoms with Gasteiger partial charge in [-0.3, -0.25) is 9.59 Å². The predicted octanol–water partition coefficient (Wildman–Crippen LogP) is 4.41. The lowest BCUT2D eigenvalue weighted by molar-refractivity contribution is -0.155. The molecule has 0 aliphatic carbocycles. The van der Waals surface area contributed by atoms with Crippen LogP contribution >= 0.6 is 0 Å². The molecule has 4 rings (SSSR count). The number of benzene rings is 3. The van der Waals surface area contributed by atoms with Gasteiger partial charge in [0, 0.05) is 5.56 Å². The van der Waals surface area contributed by atoms with Crippen LogP contribution in [-0.4, -0.2) is 61.8 Å². The molecule has 0 bridgehead atoms. The first kappa shape index (κ1) is 29.2. The van der Waals surface area contributed by atoms with Crippen LogP contribution in [0.4, 0.5) is 0 Å². The monoisotopic (exact) mass is 549 g/mol. The van der Waals surface area contributed by atoms with Crippen LogP contribution in [0.15, 0.2) is 59.8 Å². The van der Waals surface area contributed by atoms with E-state index in [9.17, 15) is 14.4 Å². The lowest BCUT2D eigenvalue weighted by Gasteiger charge is -2.22. The zero-order valence-electron chi connectivity index (χ0n) is 22.8. The van der Waals surface area contributed by atoms with Gasteiger partial charge in [-0.25, -0.2) is 4.79 Å². The van der Waals surface area contributed by atoms with Crippen molar-refractivity contribution >= 4 is 45.7 Å². The highest BCUT2D eigenvalue weighted by molar-refractivity contribution is 6.13. The number of esters is 2. The number of hydrogen-bond donors (Lipinski definition) is 1. The minimum Gasteiger partial charge on any atom is -0.463 e. The molecule has 1 heterocycles. The maximum Gasteiger partial charge on any atom is 0.337 e. The SMILES string of the molecule is CCC(CC(CC(C)C(=O)ON=Cc1c2ccccc2cc2ccccc12)C(=O)OCCO)C(=O)OCC1CO1. The minimum atomic E-state index is -0.769. The molecule has 0 saturated carbocycles. The van der Waals surface area contributed by atoms with E-state index in [1.807, 2.05) is 55.5 Å². The van der Waals surface area contributed by atoms with E-state index in [1.165, 1.54) is 6.21 Å². The zero-order chi connectivity index (χ0) is 28.5. The average molecular weight is 550 g/mol. The van der Waals surface area contributed by atoms with Gasteiger partial charge >= 0.3 is 17.9 Å². The molecule has 40 heavy (non-hydrogen) atoms. The topological polar surface area (TPSA) is 124 Å². The highest BCUT2D eigenvalue weighted by atomic mass is 16.7. The van der Waals surface area contributed by atoms with Crippen LogP contribution < -0.4 is 0 Å². The first-order chi connectivity index (χ1) is 19.4. The summed E-state index contributed by atoms with van der Waals surface area (Å²) in [5, 5.41) is 17.1. The maximum absolute atomic E-state index is 12.9. The summed E-state index contributed by atoms with van der Waals surface area (Å²) in [5.41, 5.74) is 0.834. The van der Waals surface area contributed by atoms with Crippen molar-refractivity contribution < 1.29 is 38.5 Å². The predicted molar refractivity (Wildman–Crippen MR) is 150 cm³/mol. The highest BCUT2D eigenvalue weighted by Gasteiger charge is 2.33. The van der Waals surface area contributed by atoms with Crippen LogP contribution in [-0.2, 0) is 33.4 Å². The fourth-order valence-corrected chi connectivity index (χ4v) is 4.71. The van der Waals surface area contributed by atoms with Gasteiger partial charge < -0.3 is 24.2 Å². The molecule has 1 aliphatic heterocycles. The van der Waals surface area contributed by atoms with Crippen molar-refractivity contribution in [2.75, 3.05) is 26.4 Å². The fourth-order valence-electron chi connectivity index (χ4n) is 4.71. The van der Waals surface area contributed by atoms with E-state index in [4.69, 9.17) is 24.2 Å². The molecule has 0 spiro atoms. The van der Waals surface area contributed by atoms with Gasteiger partial charge in [0.1, 0.15) is 19.3 Å². The smallest absolute Gasteiger partial charge is 0.337 e. The second-order valence-corrected chi connectivity index (χ2v) is 10.0. The summed E-state index contributed by atoms with van der Waals surface area (Å²) in [4.78, 5) is 43.5. The highest BCUT2D eigenvalue weighted by Crippen LogP contribution is 2.28. The Balaban J connectivity index is 1.43. The number of aliphatic hydroxyl groups is 1. The van der Waals surface area contributed by atoms with Crippen LogP contribution in [0.1, 0.15) is 38.7 Å². The Bertz CT molecular complexity index is 1310. The van der Waals surface area contributed by atoms with E-state index in [2.05, 4.69) is 11.2 Å². The Morgan fingerprint density at radius 3 is 2.20 bits per heavy atom. The number of rotatable bonds is 14.